The molecule has 0 radical (unpaired) electrons. The molecule has 0 aliphatic carbocycles. The van der Waals surface area contributed by atoms with Crippen LogP contribution in [-0.4, -0.2) is 43.7 Å². The van der Waals surface area contributed by atoms with Gasteiger partial charge in [-0.3, -0.25) is 24.3 Å². The van der Waals surface area contributed by atoms with Crippen LogP contribution in [-0.2, 0) is 31.4 Å². The summed E-state index contributed by atoms with van der Waals surface area (Å²) in [6.07, 6.45) is -1.45. The van der Waals surface area contributed by atoms with Crippen LogP contribution in [0.3, 0.4) is 0 Å². The van der Waals surface area contributed by atoms with Gasteiger partial charge in [-0.2, -0.15) is 0 Å². The zero-order chi connectivity index (χ0) is 27.2. The summed E-state index contributed by atoms with van der Waals surface area (Å²) in [4.78, 5) is 66.0. The van der Waals surface area contributed by atoms with Crippen LogP contribution in [0.5, 0.6) is 0 Å². The first-order chi connectivity index (χ1) is 17.5. The minimum atomic E-state index is -2.86. The van der Waals surface area contributed by atoms with E-state index in [1.165, 1.54) is 12.1 Å². The van der Waals surface area contributed by atoms with E-state index in [0.717, 1.165) is 25.3 Å². The number of nitrogens with zero attached hydrogens (tertiary/aromatic N) is 2. The number of carbonyl (C=O) groups is 4. The Kier molecular flexibility index (Phi) is 7.97. The summed E-state index contributed by atoms with van der Waals surface area (Å²) in [7, 11) is 0. The zero-order valence-electron chi connectivity index (χ0n) is 19.3. The minimum Gasteiger partial charge on any atom is -0.481 e. The van der Waals surface area contributed by atoms with Crippen molar-refractivity contribution in [3.05, 3.63) is 82.5 Å². The van der Waals surface area contributed by atoms with E-state index in [2.05, 4.69) is 10.3 Å². The smallest absolute Gasteiger partial charge is 0.412 e. The number of halogens is 1. The van der Waals surface area contributed by atoms with E-state index < -0.39 is 58.9 Å². The van der Waals surface area contributed by atoms with E-state index in [1.54, 1.807) is 30.3 Å². The van der Waals surface area contributed by atoms with Crippen molar-refractivity contribution >= 4 is 29.6 Å². The SMILES string of the molecule is CC(=O)N[C@@](CC(=O)O)(C(=O)O)n1c(-c2ccc(F)cc2)ncc(NC(=O)OCc2ccccc2)c1=O. The van der Waals surface area contributed by atoms with Gasteiger partial charge < -0.3 is 20.3 Å². The number of anilines is 1. The maximum atomic E-state index is 13.5. The standard InChI is InChI=1S/C24H21FN4O8/c1-14(30)28-24(22(34)35,11-19(31)32)29-20(16-7-9-17(25)10-8-16)26-12-18(21(29)33)27-23(36)37-13-15-5-3-2-4-6-15/h2-10,12H,11,13H2,1H3,(H,27,36)(H,28,30)(H,31,32)(H,34,35)/t24-/m1/s1. The third-order valence-corrected chi connectivity index (χ3v) is 5.04. The number of rotatable bonds is 9. The maximum absolute atomic E-state index is 13.5. The van der Waals surface area contributed by atoms with E-state index in [9.17, 15) is 38.6 Å². The highest BCUT2D eigenvalue weighted by molar-refractivity contribution is 5.89. The highest BCUT2D eigenvalue weighted by atomic mass is 19.1. The van der Waals surface area contributed by atoms with Crippen molar-refractivity contribution in [2.24, 2.45) is 0 Å². The molecule has 1 aromatic heterocycles. The Morgan fingerprint density at radius 1 is 1.05 bits per heavy atom. The Hall–Kier alpha value is -5.07. The van der Waals surface area contributed by atoms with Crippen LogP contribution in [0.4, 0.5) is 14.9 Å². The highest BCUT2D eigenvalue weighted by Gasteiger charge is 2.47. The van der Waals surface area contributed by atoms with Gasteiger partial charge in [0, 0.05) is 12.5 Å². The molecular weight excluding hydrogens is 491 g/mol. The lowest BCUT2D eigenvalue weighted by atomic mass is 10.0. The first kappa shape index (κ1) is 26.5. The van der Waals surface area contributed by atoms with Crippen LogP contribution in [0.25, 0.3) is 11.4 Å². The summed E-state index contributed by atoms with van der Waals surface area (Å²) in [6, 6.07) is 13.0. The Balaban J connectivity index is 2.15. The average molecular weight is 512 g/mol. The minimum absolute atomic E-state index is 0.0260. The second-order valence-electron chi connectivity index (χ2n) is 7.75. The van der Waals surface area contributed by atoms with Gasteiger partial charge in [-0.05, 0) is 29.8 Å². The Labute approximate surface area is 208 Å². The van der Waals surface area contributed by atoms with Gasteiger partial charge >= 0.3 is 18.0 Å². The van der Waals surface area contributed by atoms with Crippen molar-refractivity contribution in [2.45, 2.75) is 25.6 Å². The molecule has 0 bridgehead atoms. The predicted octanol–water partition coefficient (Wildman–Crippen LogP) is 2.15. The lowest BCUT2D eigenvalue weighted by molar-refractivity contribution is -0.158. The number of carboxylic acids is 2. The lowest BCUT2D eigenvalue weighted by Gasteiger charge is -2.32. The molecule has 12 nitrogen and oxygen atoms in total. The molecule has 0 spiro atoms. The number of hydrogen-bond acceptors (Lipinski definition) is 7. The van der Waals surface area contributed by atoms with Crippen molar-refractivity contribution in [2.75, 3.05) is 5.32 Å². The number of carboxylic acid groups (broad SMARTS) is 2. The predicted molar refractivity (Wildman–Crippen MR) is 126 cm³/mol. The molecule has 0 unspecified atom stereocenters. The topological polar surface area (TPSA) is 177 Å². The van der Waals surface area contributed by atoms with E-state index in [-0.39, 0.29) is 12.2 Å². The summed E-state index contributed by atoms with van der Waals surface area (Å²) < 4.78 is 19.0. The van der Waals surface area contributed by atoms with Gasteiger partial charge in [0.05, 0.1) is 12.6 Å². The van der Waals surface area contributed by atoms with E-state index in [4.69, 9.17) is 4.74 Å². The first-order valence-corrected chi connectivity index (χ1v) is 10.6. The van der Waals surface area contributed by atoms with Crippen LogP contribution in [0, 0.1) is 5.82 Å². The summed E-state index contributed by atoms with van der Waals surface area (Å²) in [5.41, 5.74) is -3.97. The van der Waals surface area contributed by atoms with Crippen LogP contribution < -0.4 is 16.2 Å². The number of nitrogens with one attached hydrogen (secondary N) is 2. The van der Waals surface area contributed by atoms with Gasteiger partial charge in [-0.25, -0.2) is 19.0 Å². The number of aliphatic carboxylic acids is 2. The van der Waals surface area contributed by atoms with Crippen molar-refractivity contribution in [1.29, 1.82) is 0 Å². The first-order valence-electron chi connectivity index (χ1n) is 10.6. The highest BCUT2D eigenvalue weighted by Crippen LogP contribution is 2.26. The van der Waals surface area contributed by atoms with Gasteiger partial charge in [0.25, 0.3) is 5.56 Å². The van der Waals surface area contributed by atoms with E-state index >= 15 is 0 Å². The fourth-order valence-corrected chi connectivity index (χ4v) is 3.48. The molecule has 37 heavy (non-hydrogen) atoms. The summed E-state index contributed by atoms with van der Waals surface area (Å²) >= 11 is 0. The molecule has 0 saturated heterocycles. The zero-order valence-corrected chi connectivity index (χ0v) is 19.3. The normalized spacial score (nSPS) is 12.2. The number of amides is 2. The molecule has 192 valence electrons. The van der Waals surface area contributed by atoms with Crippen molar-refractivity contribution in [3.63, 3.8) is 0 Å². The molecule has 0 aliphatic heterocycles. The quantitative estimate of drug-likeness (QED) is 0.334. The fraction of sp³-hybridized carbons (Fsp3) is 0.167. The van der Waals surface area contributed by atoms with Crippen LogP contribution in [0.1, 0.15) is 18.9 Å². The summed E-state index contributed by atoms with van der Waals surface area (Å²) in [5.74, 6) is -5.60. The molecular formula is C24H21FN4O8. The molecule has 2 amide bonds. The van der Waals surface area contributed by atoms with Crippen molar-refractivity contribution < 1.29 is 38.5 Å². The van der Waals surface area contributed by atoms with E-state index in [0.29, 0.717) is 10.1 Å². The molecule has 13 heteroatoms. The second kappa shape index (κ2) is 11.1. The van der Waals surface area contributed by atoms with Gasteiger partial charge in [-0.1, -0.05) is 30.3 Å². The third kappa shape index (κ3) is 6.14. The number of aromatic nitrogens is 2. The lowest BCUT2D eigenvalue weighted by Crippen LogP contribution is -2.60. The Morgan fingerprint density at radius 3 is 2.27 bits per heavy atom. The molecule has 4 N–H and O–H groups in total. The number of benzene rings is 2. The fourth-order valence-electron chi connectivity index (χ4n) is 3.48. The van der Waals surface area contributed by atoms with Crippen molar-refractivity contribution in [3.8, 4) is 11.4 Å². The molecule has 0 aliphatic rings. The van der Waals surface area contributed by atoms with E-state index in [1.807, 2.05) is 5.32 Å². The van der Waals surface area contributed by atoms with Crippen LogP contribution >= 0.6 is 0 Å². The third-order valence-electron chi connectivity index (χ3n) is 5.04. The maximum Gasteiger partial charge on any atom is 0.412 e. The van der Waals surface area contributed by atoms with Crippen LogP contribution in [0.15, 0.2) is 65.6 Å². The molecule has 2 aromatic carbocycles. The number of hydrogen-bond donors (Lipinski definition) is 4. The summed E-state index contributed by atoms with van der Waals surface area (Å²) in [6.45, 7) is 0.782. The van der Waals surface area contributed by atoms with Gasteiger partial charge in [-0.15, -0.1) is 0 Å². The monoisotopic (exact) mass is 512 g/mol. The van der Waals surface area contributed by atoms with Gasteiger partial charge in [0.2, 0.25) is 11.6 Å². The number of carbonyl (C=O) groups excluding carboxylic acids is 2. The molecule has 1 atom stereocenters. The molecule has 1 heterocycles. The Bertz CT molecular complexity index is 1370. The average Bonchev–Trinajstić information content (AvgIpc) is 2.84. The molecule has 0 saturated carbocycles. The molecule has 3 aromatic rings. The molecule has 3 rings (SSSR count). The summed E-state index contributed by atoms with van der Waals surface area (Å²) in [5, 5.41) is 23.7. The van der Waals surface area contributed by atoms with Gasteiger partial charge in [0.1, 0.15) is 23.9 Å². The number of ether oxygens (including phenoxy) is 1. The van der Waals surface area contributed by atoms with Crippen molar-refractivity contribution in [1.82, 2.24) is 14.9 Å². The van der Waals surface area contributed by atoms with Crippen LogP contribution in [0.2, 0.25) is 0 Å². The second-order valence-corrected chi connectivity index (χ2v) is 7.75. The Morgan fingerprint density at radius 2 is 1.70 bits per heavy atom. The van der Waals surface area contributed by atoms with Gasteiger partial charge in [0.15, 0.2) is 0 Å². The molecule has 0 fully saturated rings. The largest absolute Gasteiger partial charge is 0.481 e.